The molecule has 2 atom stereocenters. The van der Waals surface area contributed by atoms with Crippen LogP contribution in [0.25, 0.3) is 0 Å². The lowest BCUT2D eigenvalue weighted by atomic mass is 9.96. The molecular weight excluding hydrogens is 254 g/mol. The van der Waals surface area contributed by atoms with Crippen LogP contribution in [-0.4, -0.2) is 39.8 Å². The Kier molecular flexibility index (Phi) is 5.15. The number of carboxylic acid groups (broad SMARTS) is 1. The van der Waals surface area contributed by atoms with E-state index in [0.717, 1.165) is 31.5 Å². The molecule has 2 rings (SSSR count). The van der Waals surface area contributed by atoms with Crippen molar-refractivity contribution in [2.45, 2.75) is 51.3 Å². The zero-order valence-corrected chi connectivity index (χ0v) is 12.0. The van der Waals surface area contributed by atoms with Crippen LogP contribution < -0.4 is 0 Å². The van der Waals surface area contributed by atoms with E-state index in [4.69, 9.17) is 5.11 Å². The second-order valence-corrected chi connectivity index (χ2v) is 5.71. The summed E-state index contributed by atoms with van der Waals surface area (Å²) >= 11 is 0. The maximum atomic E-state index is 10.8. The largest absolute Gasteiger partial charge is 0.478 e. The van der Waals surface area contributed by atoms with Gasteiger partial charge >= 0.3 is 5.97 Å². The summed E-state index contributed by atoms with van der Waals surface area (Å²) in [5.41, 5.74) is 1.46. The van der Waals surface area contributed by atoms with Gasteiger partial charge in [0.05, 0.1) is 11.7 Å². The Morgan fingerprint density at radius 1 is 1.35 bits per heavy atom. The summed E-state index contributed by atoms with van der Waals surface area (Å²) in [6, 6.07) is 7.52. The summed E-state index contributed by atoms with van der Waals surface area (Å²) in [4.78, 5) is 13.2. The first-order chi connectivity index (χ1) is 9.56. The highest BCUT2D eigenvalue weighted by molar-refractivity contribution is 5.87. The van der Waals surface area contributed by atoms with Crippen molar-refractivity contribution in [1.82, 2.24) is 4.90 Å². The van der Waals surface area contributed by atoms with Crippen LogP contribution in [0.15, 0.2) is 24.3 Å². The van der Waals surface area contributed by atoms with E-state index in [2.05, 4.69) is 4.90 Å². The highest BCUT2D eigenvalue weighted by Gasteiger charge is 2.23. The van der Waals surface area contributed by atoms with Crippen LogP contribution in [0.4, 0.5) is 0 Å². The number of carbonyl (C=O) groups is 1. The summed E-state index contributed by atoms with van der Waals surface area (Å²) in [6.45, 7) is 3.73. The van der Waals surface area contributed by atoms with Gasteiger partial charge in [-0.25, -0.2) is 4.79 Å². The number of rotatable bonds is 5. The third kappa shape index (κ3) is 4.05. The van der Waals surface area contributed by atoms with E-state index < -0.39 is 5.97 Å². The highest BCUT2D eigenvalue weighted by atomic mass is 16.4. The molecule has 1 aromatic carbocycles. The van der Waals surface area contributed by atoms with E-state index in [9.17, 15) is 9.90 Å². The first-order valence-corrected chi connectivity index (χ1v) is 7.30. The first-order valence-electron chi connectivity index (χ1n) is 7.30. The zero-order valence-electron chi connectivity index (χ0n) is 12.0. The second-order valence-electron chi connectivity index (χ2n) is 5.71. The van der Waals surface area contributed by atoms with Crippen molar-refractivity contribution in [3.05, 3.63) is 35.4 Å². The minimum absolute atomic E-state index is 0.269. The zero-order chi connectivity index (χ0) is 14.5. The van der Waals surface area contributed by atoms with Gasteiger partial charge in [0.25, 0.3) is 0 Å². The van der Waals surface area contributed by atoms with Gasteiger partial charge in [0.15, 0.2) is 0 Å². The van der Waals surface area contributed by atoms with Crippen LogP contribution in [0.3, 0.4) is 0 Å². The summed E-state index contributed by atoms with van der Waals surface area (Å²) in [6.07, 6.45) is 4.11. The van der Waals surface area contributed by atoms with Crippen LogP contribution in [0.1, 0.15) is 48.5 Å². The van der Waals surface area contributed by atoms with E-state index in [1.165, 1.54) is 12.8 Å². The Bertz CT molecular complexity index is 442. The smallest absolute Gasteiger partial charge is 0.335 e. The van der Waals surface area contributed by atoms with Crippen LogP contribution >= 0.6 is 0 Å². The van der Waals surface area contributed by atoms with E-state index in [1.54, 1.807) is 12.1 Å². The van der Waals surface area contributed by atoms with Gasteiger partial charge in [0.1, 0.15) is 0 Å². The number of benzene rings is 1. The number of nitrogens with zero attached hydrogens (tertiary/aromatic N) is 1. The van der Waals surface area contributed by atoms with Gasteiger partial charge in [-0.15, -0.1) is 0 Å². The number of hydrogen-bond donors (Lipinski definition) is 2. The Labute approximate surface area is 120 Å². The summed E-state index contributed by atoms with van der Waals surface area (Å²) in [5, 5.41) is 18.5. The molecule has 4 heteroatoms. The number of piperidine rings is 1. The minimum Gasteiger partial charge on any atom is -0.478 e. The minimum atomic E-state index is -0.887. The van der Waals surface area contributed by atoms with Gasteiger partial charge in [0.2, 0.25) is 0 Å². The Balaban J connectivity index is 2.00. The number of hydrogen-bond acceptors (Lipinski definition) is 3. The molecule has 1 fully saturated rings. The number of carboxylic acids is 1. The lowest BCUT2D eigenvalue weighted by Crippen LogP contribution is -2.40. The van der Waals surface area contributed by atoms with Crippen molar-refractivity contribution in [1.29, 1.82) is 0 Å². The Morgan fingerprint density at radius 3 is 2.65 bits per heavy atom. The van der Waals surface area contributed by atoms with Crippen LogP contribution in [0, 0.1) is 0 Å². The van der Waals surface area contributed by atoms with E-state index >= 15 is 0 Å². The molecule has 0 amide bonds. The standard InChI is InChI=1S/C16H23NO3/c1-12(18)10-15-4-2-3-9-17(15)11-13-5-7-14(8-6-13)16(19)20/h5-8,12,15,18H,2-4,9-11H2,1H3,(H,19,20). The highest BCUT2D eigenvalue weighted by Crippen LogP contribution is 2.23. The number of aliphatic hydroxyl groups excluding tert-OH is 1. The van der Waals surface area contributed by atoms with Crippen LogP contribution in [0.5, 0.6) is 0 Å². The Morgan fingerprint density at radius 2 is 2.05 bits per heavy atom. The molecule has 1 aliphatic heterocycles. The third-order valence-corrected chi connectivity index (χ3v) is 3.95. The molecule has 0 aromatic heterocycles. The molecule has 1 heterocycles. The molecule has 0 radical (unpaired) electrons. The molecule has 2 unspecified atom stereocenters. The molecule has 4 nitrogen and oxygen atoms in total. The van der Waals surface area contributed by atoms with Crippen molar-refractivity contribution in [2.75, 3.05) is 6.54 Å². The number of aliphatic hydroxyl groups is 1. The lowest BCUT2D eigenvalue weighted by Gasteiger charge is -2.36. The topological polar surface area (TPSA) is 60.8 Å². The van der Waals surface area contributed by atoms with Crippen LogP contribution in [-0.2, 0) is 6.54 Å². The first kappa shape index (κ1) is 15.0. The van der Waals surface area contributed by atoms with Crippen molar-refractivity contribution in [2.24, 2.45) is 0 Å². The molecule has 0 aliphatic carbocycles. The number of likely N-dealkylation sites (tertiary alicyclic amines) is 1. The van der Waals surface area contributed by atoms with Gasteiger partial charge in [-0.1, -0.05) is 18.6 Å². The van der Waals surface area contributed by atoms with Crippen molar-refractivity contribution in [3.8, 4) is 0 Å². The molecule has 110 valence electrons. The molecule has 0 saturated carbocycles. The fourth-order valence-electron chi connectivity index (χ4n) is 2.92. The van der Waals surface area contributed by atoms with Crippen molar-refractivity contribution < 1.29 is 15.0 Å². The summed E-state index contributed by atoms with van der Waals surface area (Å²) < 4.78 is 0. The van der Waals surface area contributed by atoms with Gasteiger partial charge < -0.3 is 10.2 Å². The SMILES string of the molecule is CC(O)CC1CCCCN1Cc1ccc(C(=O)O)cc1. The maximum absolute atomic E-state index is 10.8. The molecule has 0 spiro atoms. The predicted molar refractivity (Wildman–Crippen MR) is 77.7 cm³/mol. The van der Waals surface area contributed by atoms with Gasteiger partial charge in [-0.2, -0.15) is 0 Å². The van der Waals surface area contributed by atoms with Gasteiger partial charge in [0, 0.05) is 12.6 Å². The summed E-state index contributed by atoms with van der Waals surface area (Å²) in [5.74, 6) is -0.887. The molecular formula is C16H23NO3. The van der Waals surface area contributed by atoms with E-state index in [-0.39, 0.29) is 6.10 Å². The van der Waals surface area contributed by atoms with Crippen molar-refractivity contribution >= 4 is 5.97 Å². The monoisotopic (exact) mass is 277 g/mol. The molecule has 1 saturated heterocycles. The summed E-state index contributed by atoms with van der Waals surface area (Å²) in [7, 11) is 0. The lowest BCUT2D eigenvalue weighted by molar-refractivity contribution is 0.0696. The average molecular weight is 277 g/mol. The fraction of sp³-hybridized carbons (Fsp3) is 0.562. The molecule has 1 aromatic rings. The Hall–Kier alpha value is -1.39. The van der Waals surface area contributed by atoms with Crippen molar-refractivity contribution in [3.63, 3.8) is 0 Å². The number of aromatic carboxylic acids is 1. The normalized spacial score (nSPS) is 21.6. The average Bonchev–Trinajstić information content (AvgIpc) is 2.41. The third-order valence-electron chi connectivity index (χ3n) is 3.95. The van der Waals surface area contributed by atoms with E-state index in [1.807, 2.05) is 19.1 Å². The molecule has 0 bridgehead atoms. The fourth-order valence-corrected chi connectivity index (χ4v) is 2.92. The predicted octanol–water partition coefficient (Wildman–Crippen LogP) is 2.51. The van der Waals surface area contributed by atoms with Gasteiger partial charge in [-0.05, 0) is 50.4 Å². The molecule has 20 heavy (non-hydrogen) atoms. The maximum Gasteiger partial charge on any atom is 0.335 e. The quantitative estimate of drug-likeness (QED) is 0.868. The molecule has 2 N–H and O–H groups in total. The second kappa shape index (κ2) is 6.86. The van der Waals surface area contributed by atoms with Gasteiger partial charge in [-0.3, -0.25) is 4.90 Å². The van der Waals surface area contributed by atoms with Crippen LogP contribution in [0.2, 0.25) is 0 Å². The molecule has 1 aliphatic rings. The van der Waals surface area contributed by atoms with E-state index in [0.29, 0.717) is 11.6 Å².